The summed E-state index contributed by atoms with van der Waals surface area (Å²) < 4.78 is 2.62. The summed E-state index contributed by atoms with van der Waals surface area (Å²) in [6.07, 6.45) is 0. The summed E-state index contributed by atoms with van der Waals surface area (Å²) in [7, 11) is 0. The van der Waals surface area contributed by atoms with Gasteiger partial charge in [0.2, 0.25) is 0 Å². The summed E-state index contributed by atoms with van der Waals surface area (Å²) in [5.74, 6) is 0. The van der Waals surface area contributed by atoms with E-state index in [1.165, 1.54) is 172 Å². The number of benzene rings is 16. The van der Waals surface area contributed by atoms with Gasteiger partial charge < -0.3 is 0 Å². The minimum atomic E-state index is 1.23. The lowest BCUT2D eigenvalue weighted by molar-refractivity contribution is 1.69. The first-order chi connectivity index (χ1) is 37.2. The van der Waals surface area contributed by atoms with E-state index < -0.39 is 0 Å². The molecule has 17 aromatic rings. The molecule has 0 saturated carbocycles. The second kappa shape index (κ2) is 15.6. The van der Waals surface area contributed by atoms with Crippen LogP contribution in [0.2, 0.25) is 0 Å². The summed E-state index contributed by atoms with van der Waals surface area (Å²) in [5, 5.41) is 30.8. The molecule has 16 aromatic carbocycles. The van der Waals surface area contributed by atoms with E-state index in [-0.39, 0.29) is 0 Å². The predicted molar refractivity (Wildman–Crippen MR) is 328 cm³/mol. The normalized spacial score (nSPS) is 12.3. The number of thiophene rings is 1. The van der Waals surface area contributed by atoms with Crippen molar-refractivity contribution in [1.29, 1.82) is 0 Å². The Bertz CT molecular complexity index is 5210. The van der Waals surface area contributed by atoms with E-state index in [9.17, 15) is 0 Å². The Balaban J connectivity index is 0.914. The van der Waals surface area contributed by atoms with Crippen LogP contribution in [-0.2, 0) is 0 Å². The first-order valence-electron chi connectivity index (χ1n) is 26.1. The molecule has 0 aliphatic carbocycles. The number of fused-ring (bicyclic) bond motifs is 20. The van der Waals surface area contributed by atoms with E-state index in [4.69, 9.17) is 0 Å². The Hall–Kier alpha value is -9.40. The van der Waals surface area contributed by atoms with Gasteiger partial charge in [0, 0.05) is 20.2 Å². The molecule has 0 nitrogen and oxygen atoms in total. The third kappa shape index (κ3) is 5.82. The molecule has 0 aliphatic heterocycles. The quantitative estimate of drug-likeness (QED) is 0.122. The van der Waals surface area contributed by atoms with Gasteiger partial charge in [0.15, 0.2) is 0 Å². The molecule has 0 aliphatic rings. The number of rotatable bonds is 3. The molecule has 0 N–H and O–H groups in total. The summed E-state index contributed by atoms with van der Waals surface area (Å²) >= 11 is 1.91. The van der Waals surface area contributed by atoms with Crippen LogP contribution in [0, 0.1) is 0 Å². The molecule has 0 amide bonds. The van der Waals surface area contributed by atoms with Crippen LogP contribution in [0.15, 0.2) is 255 Å². The van der Waals surface area contributed by atoms with E-state index in [1.807, 2.05) is 11.3 Å². The third-order valence-corrected chi connectivity index (χ3v) is 17.9. The van der Waals surface area contributed by atoms with Gasteiger partial charge in [0.1, 0.15) is 0 Å². The average molecular weight is 963 g/mol. The van der Waals surface area contributed by atoms with Crippen LogP contribution in [-0.4, -0.2) is 0 Å². The molecule has 75 heavy (non-hydrogen) atoms. The summed E-state index contributed by atoms with van der Waals surface area (Å²) in [6.45, 7) is 0. The van der Waals surface area contributed by atoms with Crippen molar-refractivity contribution in [2.24, 2.45) is 0 Å². The Kier molecular flexibility index (Phi) is 8.53. The summed E-state index contributed by atoms with van der Waals surface area (Å²) in [6, 6.07) is 96.3. The fourth-order valence-electron chi connectivity index (χ4n) is 13.5. The van der Waals surface area contributed by atoms with Gasteiger partial charge in [0.05, 0.1) is 0 Å². The summed E-state index contributed by atoms with van der Waals surface area (Å²) in [4.78, 5) is 0. The Morgan fingerprint density at radius 2 is 0.440 bits per heavy atom. The van der Waals surface area contributed by atoms with Crippen molar-refractivity contribution in [2.75, 3.05) is 0 Å². The topological polar surface area (TPSA) is 0 Å². The van der Waals surface area contributed by atoms with Crippen LogP contribution in [0.4, 0.5) is 0 Å². The van der Waals surface area contributed by atoms with E-state index in [0.29, 0.717) is 0 Å². The average Bonchev–Trinajstić information content (AvgIpc) is 3.86. The van der Waals surface area contributed by atoms with Crippen molar-refractivity contribution in [3.63, 3.8) is 0 Å². The van der Waals surface area contributed by atoms with Gasteiger partial charge in [-0.2, -0.15) is 0 Å². The Morgan fingerprint density at radius 1 is 0.160 bits per heavy atom. The van der Waals surface area contributed by atoms with Crippen LogP contribution in [0.3, 0.4) is 0 Å². The third-order valence-electron chi connectivity index (χ3n) is 16.7. The molecule has 1 heterocycles. The number of hydrogen-bond donors (Lipinski definition) is 0. The molecule has 0 spiro atoms. The van der Waals surface area contributed by atoms with Crippen molar-refractivity contribution >= 4 is 150 Å². The van der Waals surface area contributed by atoms with Crippen LogP contribution in [0.25, 0.3) is 172 Å². The first-order valence-corrected chi connectivity index (χ1v) is 26.9. The van der Waals surface area contributed by atoms with Crippen LogP contribution in [0.1, 0.15) is 0 Å². The van der Waals surface area contributed by atoms with Gasteiger partial charge in [-0.3, -0.25) is 0 Å². The lowest BCUT2D eigenvalue weighted by Crippen LogP contribution is -1.94. The van der Waals surface area contributed by atoms with E-state index >= 15 is 0 Å². The maximum Gasteiger partial charge on any atom is 0.0362 e. The maximum atomic E-state index is 2.50. The minimum absolute atomic E-state index is 1.23. The molecule has 0 atom stereocenters. The van der Waals surface area contributed by atoms with E-state index in [0.717, 1.165) is 0 Å². The molecule has 17 rings (SSSR count). The molecule has 0 unspecified atom stereocenters. The van der Waals surface area contributed by atoms with E-state index in [2.05, 4.69) is 255 Å². The van der Waals surface area contributed by atoms with Gasteiger partial charge in [0.25, 0.3) is 0 Å². The fourth-order valence-corrected chi connectivity index (χ4v) is 14.7. The molecule has 344 valence electrons. The van der Waals surface area contributed by atoms with Crippen molar-refractivity contribution in [1.82, 2.24) is 0 Å². The van der Waals surface area contributed by atoms with Crippen molar-refractivity contribution in [2.45, 2.75) is 0 Å². The SMILES string of the molecule is c1ccc2cc3c(cc2c1)c1ccccc1c1cc2sc4ccc(-c5c6ccccc6c(-c6c7ccccc7c(-c7ccc8c9ccccc9c9ccccc9c8c7)c7ccccc67)c6ccccc56)cc4c2cc31. The lowest BCUT2D eigenvalue weighted by Gasteiger charge is -2.22. The van der Waals surface area contributed by atoms with Gasteiger partial charge in [-0.1, -0.05) is 212 Å². The molecule has 1 heteroatoms. The maximum absolute atomic E-state index is 2.50. The predicted octanol–water partition coefficient (Wildman–Crippen LogP) is 21.7. The smallest absolute Gasteiger partial charge is 0.0362 e. The molecule has 0 saturated heterocycles. The highest BCUT2D eigenvalue weighted by atomic mass is 32.1. The van der Waals surface area contributed by atoms with Crippen molar-refractivity contribution < 1.29 is 0 Å². The van der Waals surface area contributed by atoms with Gasteiger partial charge in [-0.25, -0.2) is 0 Å². The highest BCUT2D eigenvalue weighted by Gasteiger charge is 2.24. The zero-order valence-electron chi connectivity index (χ0n) is 40.7. The highest BCUT2D eigenvalue weighted by molar-refractivity contribution is 7.26. The van der Waals surface area contributed by atoms with Crippen molar-refractivity contribution in [3.8, 4) is 33.4 Å². The molecule has 0 bridgehead atoms. The zero-order chi connectivity index (χ0) is 48.9. The van der Waals surface area contributed by atoms with Crippen molar-refractivity contribution in [3.05, 3.63) is 255 Å². The van der Waals surface area contributed by atoms with Crippen LogP contribution >= 0.6 is 11.3 Å². The molecular formula is C74H42S. The molecule has 0 radical (unpaired) electrons. The Labute approximate surface area is 435 Å². The Morgan fingerprint density at radius 3 is 0.880 bits per heavy atom. The van der Waals surface area contributed by atoms with Crippen LogP contribution < -0.4 is 0 Å². The molecular weight excluding hydrogens is 921 g/mol. The monoisotopic (exact) mass is 962 g/mol. The highest BCUT2D eigenvalue weighted by Crippen LogP contribution is 2.52. The van der Waals surface area contributed by atoms with Crippen LogP contribution in [0.5, 0.6) is 0 Å². The standard InChI is InChI=1S/C74H42S/c1-2-18-44-38-64-63(37-43(44)17-1)51-23-7-8-24-52(51)66-42-70-68(41-65(64)66)67-40-46(34-36-69(67)75-70)72-56-27-11-15-31-60(56)74(61-32-16-12-28-57(61)72)73-58-29-13-9-25-54(58)71(55-26-10-14-30-59(55)73)45-33-35-53-49-21-4-3-19-47(49)48-20-5-6-22-50(48)62(53)39-45/h1-42H. The van der Waals surface area contributed by atoms with E-state index in [1.54, 1.807) is 0 Å². The largest absolute Gasteiger partial charge is 0.135 e. The fraction of sp³-hybridized carbons (Fsp3) is 0. The van der Waals surface area contributed by atoms with Gasteiger partial charge in [-0.15, -0.1) is 11.3 Å². The second-order valence-corrected chi connectivity index (χ2v) is 21.6. The number of hydrogen-bond acceptors (Lipinski definition) is 1. The lowest BCUT2D eigenvalue weighted by atomic mass is 9.80. The second-order valence-electron chi connectivity index (χ2n) is 20.5. The molecule has 1 aromatic heterocycles. The minimum Gasteiger partial charge on any atom is -0.135 e. The molecule has 0 fully saturated rings. The first kappa shape index (κ1) is 41.1. The van der Waals surface area contributed by atoms with Gasteiger partial charge >= 0.3 is 0 Å². The zero-order valence-corrected chi connectivity index (χ0v) is 41.5. The van der Waals surface area contributed by atoms with Gasteiger partial charge in [-0.05, 0) is 194 Å². The summed E-state index contributed by atoms with van der Waals surface area (Å²) in [5.41, 5.74) is 7.56.